The molecule has 0 unspecified atom stereocenters. The van der Waals surface area contributed by atoms with Gasteiger partial charge in [-0.15, -0.1) is 0 Å². The van der Waals surface area contributed by atoms with E-state index in [0.717, 1.165) is 37.5 Å². The molecule has 2 aromatic rings. The van der Waals surface area contributed by atoms with Gasteiger partial charge in [0, 0.05) is 42.2 Å². The number of likely N-dealkylation sites (tertiary alicyclic amines) is 1. The summed E-state index contributed by atoms with van der Waals surface area (Å²) in [5, 5.41) is 17.7. The van der Waals surface area contributed by atoms with E-state index in [1.165, 1.54) is 12.5 Å². The lowest BCUT2D eigenvalue weighted by Crippen LogP contribution is -2.45. The first-order valence-electron chi connectivity index (χ1n) is 10.5. The van der Waals surface area contributed by atoms with Gasteiger partial charge in [-0.1, -0.05) is 35.3 Å². The lowest BCUT2D eigenvalue weighted by molar-refractivity contribution is -0.114. The fourth-order valence-corrected chi connectivity index (χ4v) is 3.89. The van der Waals surface area contributed by atoms with Crippen molar-refractivity contribution >= 4 is 34.8 Å². The van der Waals surface area contributed by atoms with Gasteiger partial charge in [-0.3, -0.25) is 9.69 Å². The Morgan fingerprint density at radius 3 is 2.52 bits per heavy atom. The maximum Gasteiger partial charge on any atom is 0.221 e. The zero-order valence-corrected chi connectivity index (χ0v) is 19.1. The van der Waals surface area contributed by atoms with Gasteiger partial charge in [0.1, 0.15) is 18.5 Å². The molecule has 6 nitrogen and oxygen atoms in total. The normalized spacial score (nSPS) is 16.1. The van der Waals surface area contributed by atoms with Gasteiger partial charge in [0.25, 0.3) is 0 Å². The van der Waals surface area contributed by atoms with Crippen LogP contribution in [-0.2, 0) is 11.3 Å². The summed E-state index contributed by atoms with van der Waals surface area (Å²) < 4.78 is 5.71. The van der Waals surface area contributed by atoms with Crippen molar-refractivity contribution in [3.8, 4) is 5.75 Å². The van der Waals surface area contributed by atoms with E-state index in [1.807, 2.05) is 12.1 Å². The number of aliphatic hydroxyl groups is 1. The van der Waals surface area contributed by atoms with E-state index in [0.29, 0.717) is 29.0 Å². The summed E-state index contributed by atoms with van der Waals surface area (Å²) in [6.07, 6.45) is 1.39. The number of carbonyl (C=O) groups excluding carboxylic acids is 1. The number of benzene rings is 2. The molecule has 168 valence electrons. The average Bonchev–Trinajstić information content (AvgIpc) is 2.74. The van der Waals surface area contributed by atoms with Gasteiger partial charge in [0.05, 0.1) is 5.69 Å². The van der Waals surface area contributed by atoms with Crippen molar-refractivity contribution < 1.29 is 14.6 Å². The maximum absolute atomic E-state index is 11.3. The highest BCUT2D eigenvalue weighted by atomic mass is 35.5. The number of hydrogen-bond acceptors (Lipinski definition) is 5. The number of amides is 1. The van der Waals surface area contributed by atoms with Crippen molar-refractivity contribution in [2.75, 3.05) is 31.6 Å². The Labute approximate surface area is 193 Å². The second kappa shape index (κ2) is 11.7. The number of anilines is 1. The molecule has 3 N–H and O–H groups in total. The summed E-state index contributed by atoms with van der Waals surface area (Å²) in [5.41, 5.74) is 1.80. The molecule has 0 saturated carbocycles. The van der Waals surface area contributed by atoms with Crippen molar-refractivity contribution in [3.63, 3.8) is 0 Å². The highest BCUT2D eigenvalue weighted by Crippen LogP contribution is 2.28. The number of halogens is 2. The van der Waals surface area contributed by atoms with Crippen LogP contribution in [0, 0.1) is 0 Å². The van der Waals surface area contributed by atoms with Gasteiger partial charge < -0.3 is 20.5 Å². The second-order valence-corrected chi connectivity index (χ2v) is 8.74. The van der Waals surface area contributed by atoms with Gasteiger partial charge in [0.15, 0.2) is 0 Å². The van der Waals surface area contributed by atoms with Crippen molar-refractivity contribution in [1.29, 1.82) is 0 Å². The van der Waals surface area contributed by atoms with Crippen LogP contribution in [0.5, 0.6) is 5.75 Å². The summed E-state index contributed by atoms with van der Waals surface area (Å²) >= 11 is 12.0. The molecule has 3 rings (SSSR count). The minimum atomic E-state index is -0.670. The number of ether oxygens (including phenoxy) is 1. The SMILES string of the molecule is CC(=O)Nc1ccc(Cl)cc1OC[C@@H](O)CNC1CCN(Cc2ccc(Cl)cc2)CC1. The van der Waals surface area contributed by atoms with Crippen LogP contribution in [0.15, 0.2) is 42.5 Å². The zero-order valence-electron chi connectivity index (χ0n) is 17.6. The molecule has 1 saturated heterocycles. The standard InChI is InChI=1S/C23H29Cl2N3O3/c1-16(29)27-22-7-6-19(25)12-23(22)31-15-21(30)13-26-20-8-10-28(11-9-20)14-17-2-4-18(24)5-3-17/h2-7,12,20-21,26,30H,8-11,13-15H2,1H3,(H,27,29)/t21-/m0/s1. The van der Waals surface area contributed by atoms with E-state index < -0.39 is 6.10 Å². The highest BCUT2D eigenvalue weighted by molar-refractivity contribution is 6.31. The largest absolute Gasteiger partial charge is 0.489 e. The Morgan fingerprint density at radius 1 is 1.16 bits per heavy atom. The third-order valence-electron chi connectivity index (χ3n) is 5.23. The number of hydrogen-bond donors (Lipinski definition) is 3. The fourth-order valence-electron chi connectivity index (χ4n) is 3.60. The van der Waals surface area contributed by atoms with Crippen molar-refractivity contribution in [2.45, 2.75) is 38.5 Å². The average molecular weight is 466 g/mol. The molecule has 1 aliphatic heterocycles. The molecular weight excluding hydrogens is 437 g/mol. The molecule has 2 aromatic carbocycles. The van der Waals surface area contributed by atoms with Crippen LogP contribution in [0.3, 0.4) is 0 Å². The Balaban J connectivity index is 1.38. The Hall–Kier alpha value is -1.83. The van der Waals surface area contributed by atoms with Gasteiger partial charge in [-0.2, -0.15) is 0 Å². The number of carbonyl (C=O) groups is 1. The van der Waals surface area contributed by atoms with Crippen molar-refractivity contribution in [3.05, 3.63) is 58.1 Å². The van der Waals surface area contributed by atoms with E-state index in [-0.39, 0.29) is 12.5 Å². The van der Waals surface area contributed by atoms with E-state index >= 15 is 0 Å². The van der Waals surface area contributed by atoms with Crippen LogP contribution < -0.4 is 15.4 Å². The maximum atomic E-state index is 11.3. The Morgan fingerprint density at radius 2 is 1.84 bits per heavy atom. The van der Waals surface area contributed by atoms with Gasteiger partial charge in [-0.25, -0.2) is 0 Å². The Kier molecular flexibility index (Phi) is 8.99. The third kappa shape index (κ3) is 7.98. The van der Waals surface area contributed by atoms with E-state index in [4.69, 9.17) is 27.9 Å². The molecule has 0 aromatic heterocycles. The number of rotatable bonds is 9. The molecule has 0 aliphatic carbocycles. The first-order chi connectivity index (χ1) is 14.9. The molecule has 1 atom stereocenters. The van der Waals surface area contributed by atoms with Gasteiger partial charge >= 0.3 is 0 Å². The lowest BCUT2D eigenvalue weighted by atomic mass is 10.0. The molecule has 0 spiro atoms. The summed E-state index contributed by atoms with van der Waals surface area (Å²) in [6, 6.07) is 13.4. The minimum Gasteiger partial charge on any atom is -0.489 e. The summed E-state index contributed by atoms with van der Waals surface area (Å²) in [4.78, 5) is 13.8. The fraction of sp³-hybridized carbons (Fsp3) is 0.435. The molecule has 1 aliphatic rings. The quantitative estimate of drug-likeness (QED) is 0.522. The van der Waals surface area contributed by atoms with Crippen LogP contribution in [-0.4, -0.2) is 54.3 Å². The van der Waals surface area contributed by atoms with Crippen LogP contribution in [0.25, 0.3) is 0 Å². The molecule has 31 heavy (non-hydrogen) atoms. The van der Waals surface area contributed by atoms with Gasteiger partial charge in [-0.05, 0) is 55.8 Å². The van der Waals surface area contributed by atoms with E-state index in [9.17, 15) is 9.90 Å². The zero-order chi connectivity index (χ0) is 22.2. The van der Waals surface area contributed by atoms with Crippen LogP contribution in [0.1, 0.15) is 25.3 Å². The molecule has 0 radical (unpaired) electrons. The first kappa shape index (κ1) is 23.8. The number of piperidine rings is 1. The predicted molar refractivity (Wildman–Crippen MR) is 125 cm³/mol. The monoisotopic (exact) mass is 465 g/mol. The van der Waals surface area contributed by atoms with E-state index in [1.54, 1.807) is 18.2 Å². The number of aliphatic hydroxyl groups excluding tert-OH is 1. The smallest absolute Gasteiger partial charge is 0.221 e. The number of nitrogens with one attached hydrogen (secondary N) is 2. The predicted octanol–water partition coefficient (Wildman–Crippen LogP) is 3.95. The molecular formula is C23H29Cl2N3O3. The summed E-state index contributed by atoms with van der Waals surface area (Å²) in [7, 11) is 0. The lowest BCUT2D eigenvalue weighted by Gasteiger charge is -2.33. The van der Waals surface area contributed by atoms with Crippen LogP contribution in [0.4, 0.5) is 5.69 Å². The minimum absolute atomic E-state index is 0.106. The number of nitrogens with zero attached hydrogens (tertiary/aromatic N) is 1. The van der Waals surface area contributed by atoms with E-state index in [2.05, 4.69) is 27.7 Å². The summed E-state index contributed by atoms with van der Waals surface area (Å²) in [5.74, 6) is 0.244. The third-order valence-corrected chi connectivity index (χ3v) is 5.72. The van der Waals surface area contributed by atoms with Gasteiger partial charge in [0.2, 0.25) is 5.91 Å². The molecule has 1 amide bonds. The van der Waals surface area contributed by atoms with Crippen molar-refractivity contribution in [2.24, 2.45) is 0 Å². The molecule has 1 fully saturated rings. The molecule has 0 bridgehead atoms. The highest BCUT2D eigenvalue weighted by Gasteiger charge is 2.20. The summed E-state index contributed by atoms with van der Waals surface area (Å²) in [6.45, 7) is 4.92. The molecule has 1 heterocycles. The van der Waals surface area contributed by atoms with Crippen molar-refractivity contribution in [1.82, 2.24) is 10.2 Å². The second-order valence-electron chi connectivity index (χ2n) is 7.87. The van der Waals surface area contributed by atoms with Crippen LogP contribution in [0.2, 0.25) is 10.0 Å². The topological polar surface area (TPSA) is 73.8 Å². The first-order valence-corrected chi connectivity index (χ1v) is 11.2. The van der Waals surface area contributed by atoms with Crippen LogP contribution >= 0.6 is 23.2 Å². The molecule has 8 heteroatoms. The Bertz CT molecular complexity index is 856.